The molecule has 0 aliphatic carbocycles. The van der Waals surface area contributed by atoms with Gasteiger partial charge in [0.05, 0.1) is 12.2 Å². The van der Waals surface area contributed by atoms with E-state index in [0.29, 0.717) is 42.4 Å². The molecule has 3 rings (SSSR count). The molecule has 0 saturated carbocycles. The van der Waals surface area contributed by atoms with Gasteiger partial charge in [-0.15, -0.1) is 0 Å². The van der Waals surface area contributed by atoms with Crippen LogP contribution in [0.2, 0.25) is 0 Å². The number of ether oxygens (including phenoxy) is 3. The summed E-state index contributed by atoms with van der Waals surface area (Å²) in [5.74, 6) is 1.65. The van der Waals surface area contributed by atoms with E-state index >= 15 is 0 Å². The molecule has 0 radical (unpaired) electrons. The lowest BCUT2D eigenvalue weighted by atomic mass is 10.0. The molecular formula is C24H23F3O4. The van der Waals surface area contributed by atoms with E-state index in [9.17, 15) is 18.3 Å². The highest BCUT2D eigenvalue weighted by molar-refractivity contribution is 5.65. The molecule has 7 heteroatoms. The molecule has 0 aliphatic rings. The number of aliphatic hydroxyl groups is 1. The third kappa shape index (κ3) is 6.47. The van der Waals surface area contributed by atoms with Crippen LogP contribution in [0.4, 0.5) is 13.2 Å². The minimum atomic E-state index is -4.37. The van der Waals surface area contributed by atoms with Crippen molar-refractivity contribution in [3.63, 3.8) is 0 Å². The predicted octanol–water partition coefficient (Wildman–Crippen LogP) is 5.72. The van der Waals surface area contributed by atoms with Gasteiger partial charge in [-0.25, -0.2) is 0 Å². The molecule has 0 unspecified atom stereocenters. The summed E-state index contributed by atoms with van der Waals surface area (Å²) in [6, 6.07) is 17.5. The number of alkyl halides is 3. The van der Waals surface area contributed by atoms with Crippen LogP contribution in [0.25, 0.3) is 11.1 Å². The first kappa shape index (κ1) is 22.7. The summed E-state index contributed by atoms with van der Waals surface area (Å²) >= 11 is 0. The van der Waals surface area contributed by atoms with Crippen LogP contribution in [0.5, 0.6) is 17.2 Å². The van der Waals surface area contributed by atoms with E-state index in [0.717, 1.165) is 23.3 Å². The van der Waals surface area contributed by atoms with E-state index in [1.54, 1.807) is 37.4 Å². The fourth-order valence-corrected chi connectivity index (χ4v) is 3.02. The van der Waals surface area contributed by atoms with Crippen molar-refractivity contribution in [2.45, 2.75) is 12.6 Å². The highest BCUT2D eigenvalue weighted by atomic mass is 19.4. The van der Waals surface area contributed by atoms with Crippen LogP contribution in [-0.2, 0) is 17.3 Å². The number of benzene rings is 3. The maximum absolute atomic E-state index is 12.8. The molecule has 1 N–H and O–H groups in total. The zero-order valence-electron chi connectivity index (χ0n) is 17.0. The Morgan fingerprint density at radius 3 is 2.23 bits per heavy atom. The van der Waals surface area contributed by atoms with Crippen molar-refractivity contribution in [2.24, 2.45) is 0 Å². The van der Waals surface area contributed by atoms with Crippen LogP contribution in [0, 0.1) is 0 Å². The fourth-order valence-electron chi connectivity index (χ4n) is 3.02. The largest absolute Gasteiger partial charge is 0.491 e. The van der Waals surface area contributed by atoms with Crippen molar-refractivity contribution in [1.82, 2.24) is 0 Å². The summed E-state index contributed by atoms with van der Waals surface area (Å²) in [5.41, 5.74) is 1.54. The summed E-state index contributed by atoms with van der Waals surface area (Å²) in [6.07, 6.45) is -3.92. The van der Waals surface area contributed by atoms with Crippen molar-refractivity contribution in [3.05, 3.63) is 77.9 Å². The maximum atomic E-state index is 12.8. The van der Waals surface area contributed by atoms with Gasteiger partial charge in [0.2, 0.25) is 0 Å². The topological polar surface area (TPSA) is 47.9 Å². The number of rotatable bonds is 9. The van der Waals surface area contributed by atoms with Gasteiger partial charge in [-0.05, 0) is 59.5 Å². The Morgan fingerprint density at radius 1 is 0.806 bits per heavy atom. The third-order valence-corrected chi connectivity index (χ3v) is 4.51. The molecule has 0 aliphatic heterocycles. The molecule has 0 heterocycles. The van der Waals surface area contributed by atoms with Crippen molar-refractivity contribution in [1.29, 1.82) is 0 Å². The first-order valence-corrected chi connectivity index (χ1v) is 9.71. The van der Waals surface area contributed by atoms with Gasteiger partial charge in [-0.1, -0.05) is 24.3 Å². The van der Waals surface area contributed by atoms with Crippen LogP contribution in [0.3, 0.4) is 0 Å². The fraction of sp³-hybridized carbons (Fsp3) is 0.250. The average Bonchev–Trinajstić information content (AvgIpc) is 2.74. The smallest absolute Gasteiger partial charge is 0.416 e. The van der Waals surface area contributed by atoms with E-state index in [-0.39, 0.29) is 6.61 Å². The Bertz CT molecular complexity index is 985. The maximum Gasteiger partial charge on any atom is 0.416 e. The van der Waals surface area contributed by atoms with Gasteiger partial charge in [0.25, 0.3) is 0 Å². The van der Waals surface area contributed by atoms with E-state index in [1.165, 1.54) is 12.1 Å². The van der Waals surface area contributed by atoms with Gasteiger partial charge in [-0.3, -0.25) is 0 Å². The van der Waals surface area contributed by atoms with Crippen molar-refractivity contribution >= 4 is 0 Å². The summed E-state index contributed by atoms with van der Waals surface area (Å²) < 4.78 is 55.0. The molecular weight excluding hydrogens is 409 g/mol. The Balaban J connectivity index is 1.81. The van der Waals surface area contributed by atoms with Gasteiger partial charge in [0.15, 0.2) is 0 Å². The van der Waals surface area contributed by atoms with Gasteiger partial charge < -0.3 is 19.3 Å². The average molecular weight is 432 g/mol. The number of methoxy groups -OCH3 is 1. The number of halogens is 3. The highest BCUT2D eigenvalue weighted by Crippen LogP contribution is 2.33. The Morgan fingerprint density at radius 2 is 1.55 bits per heavy atom. The predicted molar refractivity (Wildman–Crippen MR) is 112 cm³/mol. The molecule has 0 fully saturated rings. The van der Waals surface area contributed by atoms with Crippen LogP contribution < -0.4 is 9.47 Å². The SMILES string of the molecule is COCCOc1cc(CCO)cc(Oc2cccc(-c3ccc(C(F)(F)F)cc3)c2)c1. The first-order valence-electron chi connectivity index (χ1n) is 9.71. The second-order valence-corrected chi connectivity index (χ2v) is 6.83. The quantitative estimate of drug-likeness (QED) is 0.439. The first-order chi connectivity index (χ1) is 14.9. The number of hydrogen-bond acceptors (Lipinski definition) is 4. The van der Waals surface area contributed by atoms with Crippen LogP contribution in [0.1, 0.15) is 11.1 Å². The van der Waals surface area contributed by atoms with E-state index in [4.69, 9.17) is 14.2 Å². The third-order valence-electron chi connectivity index (χ3n) is 4.51. The molecule has 0 bridgehead atoms. The van der Waals surface area contributed by atoms with Gasteiger partial charge in [-0.2, -0.15) is 13.2 Å². The summed E-state index contributed by atoms with van der Waals surface area (Å²) in [6.45, 7) is 0.807. The van der Waals surface area contributed by atoms with Crippen molar-refractivity contribution in [2.75, 3.05) is 26.9 Å². The molecule has 164 valence electrons. The molecule has 4 nitrogen and oxygen atoms in total. The summed E-state index contributed by atoms with van der Waals surface area (Å²) in [4.78, 5) is 0. The molecule has 0 atom stereocenters. The van der Waals surface area contributed by atoms with E-state index in [2.05, 4.69) is 0 Å². The molecule has 3 aromatic carbocycles. The highest BCUT2D eigenvalue weighted by Gasteiger charge is 2.29. The van der Waals surface area contributed by atoms with Crippen molar-refractivity contribution in [3.8, 4) is 28.4 Å². The van der Waals surface area contributed by atoms with Crippen LogP contribution in [-0.4, -0.2) is 32.0 Å². The zero-order chi connectivity index (χ0) is 22.3. The van der Waals surface area contributed by atoms with E-state index in [1.807, 2.05) is 12.1 Å². The van der Waals surface area contributed by atoms with Gasteiger partial charge in [0.1, 0.15) is 23.9 Å². The Kier molecular flexibility index (Phi) is 7.55. The Labute approximate surface area is 178 Å². The normalized spacial score (nSPS) is 11.4. The van der Waals surface area contributed by atoms with Crippen molar-refractivity contribution < 1.29 is 32.5 Å². The molecule has 0 saturated heterocycles. The summed E-state index contributed by atoms with van der Waals surface area (Å²) in [5, 5.41) is 9.27. The second kappa shape index (κ2) is 10.3. The molecule has 3 aromatic rings. The second-order valence-electron chi connectivity index (χ2n) is 6.83. The standard InChI is InChI=1S/C24H23F3O4/c1-29-11-12-30-22-13-17(9-10-28)14-23(16-22)31-21-4-2-3-19(15-21)18-5-7-20(8-6-18)24(25,26)27/h2-8,13-16,28H,9-12H2,1H3. The van der Waals surface area contributed by atoms with Gasteiger partial charge >= 0.3 is 6.18 Å². The Hall–Kier alpha value is -3.03. The minimum absolute atomic E-state index is 0.00955. The minimum Gasteiger partial charge on any atom is -0.491 e. The van der Waals surface area contributed by atoms with Gasteiger partial charge in [0, 0.05) is 19.8 Å². The monoisotopic (exact) mass is 432 g/mol. The molecule has 0 aromatic heterocycles. The lowest BCUT2D eigenvalue weighted by Crippen LogP contribution is -2.05. The lowest BCUT2D eigenvalue weighted by molar-refractivity contribution is -0.137. The van der Waals surface area contributed by atoms with E-state index < -0.39 is 11.7 Å². The zero-order valence-corrected chi connectivity index (χ0v) is 17.0. The summed E-state index contributed by atoms with van der Waals surface area (Å²) in [7, 11) is 1.59. The number of hydrogen-bond donors (Lipinski definition) is 1. The van der Waals surface area contributed by atoms with Crippen LogP contribution in [0.15, 0.2) is 66.7 Å². The number of aliphatic hydroxyl groups excluding tert-OH is 1. The molecule has 31 heavy (non-hydrogen) atoms. The van der Waals surface area contributed by atoms with Crippen LogP contribution >= 0.6 is 0 Å². The lowest BCUT2D eigenvalue weighted by Gasteiger charge is -2.13. The molecule has 0 spiro atoms. The molecule has 0 amide bonds.